The number of quaternary nitrogens is 1. The molecule has 0 atom stereocenters. The summed E-state index contributed by atoms with van der Waals surface area (Å²) in [4.78, 5) is 0. The fourth-order valence-corrected chi connectivity index (χ4v) is 10.9. The molecule has 3 nitrogen and oxygen atoms in total. The monoisotopic (exact) mass is 648 g/mol. The predicted molar refractivity (Wildman–Crippen MR) is 183 cm³/mol. The van der Waals surface area contributed by atoms with Crippen molar-refractivity contribution >= 4 is 17.3 Å². The van der Waals surface area contributed by atoms with Crippen molar-refractivity contribution in [3.05, 3.63) is 0 Å². The van der Waals surface area contributed by atoms with Crippen molar-refractivity contribution in [1.82, 2.24) is 0 Å². The summed E-state index contributed by atoms with van der Waals surface area (Å²) in [6.07, 6.45) is 42.1. The molecule has 0 fully saturated rings. The molecule has 256 valence electrons. The van der Waals surface area contributed by atoms with E-state index in [1.54, 1.807) is 50.3 Å². The van der Waals surface area contributed by atoms with Crippen molar-refractivity contribution in [2.45, 2.75) is 187 Å². The summed E-state index contributed by atoms with van der Waals surface area (Å²) in [5.74, 6) is 0. The minimum Gasteiger partial charge on any atom is -0.235 e. The third-order valence-electron chi connectivity index (χ3n) is 8.58. The number of nitrogens with two attached hydrogens (primary N) is 1. The van der Waals surface area contributed by atoms with Crippen LogP contribution in [0.15, 0.2) is 0 Å². The van der Waals surface area contributed by atoms with Gasteiger partial charge in [-0.3, -0.25) is 0 Å². The molecule has 0 aliphatic rings. The van der Waals surface area contributed by atoms with Crippen LogP contribution in [0.25, 0.3) is 0 Å². The number of unbranched alkanes of at least 4 members (excludes halogenated alkanes) is 20. The van der Waals surface area contributed by atoms with Crippen molar-refractivity contribution in [1.29, 1.82) is 0 Å². The molecule has 0 saturated carbocycles. The Morgan fingerprint density at radius 2 is 0.667 bits per heavy atom. The maximum absolute atomic E-state index is 11.2. The largest absolute Gasteiger partial charge is 0.549 e. The van der Waals surface area contributed by atoms with E-state index in [9.17, 15) is 21.6 Å². The van der Waals surface area contributed by atoms with Gasteiger partial charge in [0, 0.05) is 7.26 Å². The number of sulfonamides is 1. The van der Waals surface area contributed by atoms with Crippen LogP contribution in [0.5, 0.6) is 0 Å². The first-order chi connectivity index (χ1) is 20.1. The molecule has 0 aromatic heterocycles. The van der Waals surface area contributed by atoms with E-state index in [4.69, 9.17) is 0 Å². The summed E-state index contributed by atoms with van der Waals surface area (Å²) in [6.45, 7) is 9.41. The Morgan fingerprint density at radius 3 is 0.857 bits per heavy atom. The van der Waals surface area contributed by atoms with Crippen LogP contribution in [-0.4, -0.2) is 45.6 Å². The average Bonchev–Trinajstić information content (AvgIpc) is 2.96. The van der Waals surface area contributed by atoms with Gasteiger partial charge in [-0.2, -0.15) is 21.6 Å². The molecule has 0 heterocycles. The lowest BCUT2D eigenvalue weighted by Gasteiger charge is -2.28. The molecule has 42 heavy (non-hydrogen) atoms. The summed E-state index contributed by atoms with van der Waals surface area (Å²) < 4.78 is 53.4. The summed E-state index contributed by atoms with van der Waals surface area (Å²) in [7, 11) is -4.84. The normalized spacial score (nSPS) is 12.4. The van der Waals surface area contributed by atoms with Gasteiger partial charge in [0.15, 0.2) is 0 Å². The average molecular weight is 648 g/mol. The second-order valence-electron chi connectivity index (χ2n) is 12.5. The highest BCUT2D eigenvalue weighted by Crippen LogP contribution is 2.61. The Balaban J connectivity index is 0. The lowest BCUT2D eigenvalue weighted by atomic mass is 10.1. The van der Waals surface area contributed by atoms with Gasteiger partial charge >= 0.3 is 15.5 Å². The molecule has 0 spiro atoms. The zero-order valence-corrected chi connectivity index (χ0v) is 30.4. The lowest BCUT2D eigenvalue weighted by Crippen LogP contribution is -2.86. The lowest BCUT2D eigenvalue weighted by molar-refractivity contribution is -0.470. The Labute approximate surface area is 262 Å². The fraction of sp³-hybridized carbons (Fsp3) is 1.00. The van der Waals surface area contributed by atoms with Crippen molar-refractivity contribution in [3.63, 3.8) is 0 Å². The van der Waals surface area contributed by atoms with E-state index in [0.29, 0.717) is 0 Å². The second-order valence-corrected chi connectivity index (χ2v) is 19.0. The van der Waals surface area contributed by atoms with E-state index < -0.39 is 22.8 Å². The molecule has 0 saturated heterocycles. The van der Waals surface area contributed by atoms with E-state index in [0.717, 1.165) is 7.05 Å². The zero-order chi connectivity index (χ0) is 32.0. The van der Waals surface area contributed by atoms with Crippen molar-refractivity contribution < 1.29 is 26.3 Å². The van der Waals surface area contributed by atoms with Gasteiger partial charge in [0.2, 0.25) is 0 Å². The number of rotatable bonds is 29. The summed E-state index contributed by atoms with van der Waals surface area (Å²) in [5, 5.41) is 0. The van der Waals surface area contributed by atoms with Gasteiger partial charge in [-0.25, -0.2) is 4.72 Å². The standard InChI is InChI=1S/C32H68P.C2H4F3NO2S/c1-5-9-13-17-18-19-20-21-22-23-24-28-32-33(29-25-14-10-6-2,30-26-15-11-7-3)31-27-16-12-8-4;1-6-9(7,8)2(3,4)5/h5-32H2,1-4H3;6H,1H3/q+1;/p+1. The van der Waals surface area contributed by atoms with E-state index in [1.165, 1.54) is 128 Å². The third kappa shape index (κ3) is 26.5. The maximum Gasteiger partial charge on any atom is 0.549 e. The minimum absolute atomic E-state index is 0.118. The summed E-state index contributed by atoms with van der Waals surface area (Å²) in [5.41, 5.74) is -5.14. The summed E-state index contributed by atoms with van der Waals surface area (Å²) >= 11 is 0. The number of halogens is 3. The molecular weight excluding hydrogens is 574 g/mol. The Bertz CT molecular complexity index is 628. The maximum atomic E-state index is 11.2. The first-order valence-corrected chi connectivity index (χ1v) is 22.1. The molecular formula is C34H73F3NO2PS+2. The SMILES string of the molecule is CCCCCCCCCCCCCC[P+](CCCCCC)(CCCCCC)CCCCCC.C[NH2+]S(=O)(=O)C(F)(F)F. The van der Waals surface area contributed by atoms with Crippen LogP contribution < -0.4 is 4.72 Å². The fourth-order valence-electron chi connectivity index (χ4n) is 5.71. The smallest absolute Gasteiger partial charge is 0.235 e. The van der Waals surface area contributed by atoms with Gasteiger partial charge in [0.25, 0.3) is 0 Å². The molecule has 0 rings (SSSR count). The van der Waals surface area contributed by atoms with Crippen LogP contribution in [-0.2, 0) is 10.0 Å². The Hall–Kier alpha value is 0.130. The number of alkyl halides is 3. The van der Waals surface area contributed by atoms with Gasteiger partial charge < -0.3 is 0 Å². The Kier molecular flexibility index (Phi) is 31.4. The molecule has 0 bridgehead atoms. The molecule has 0 aromatic rings. The molecule has 2 N–H and O–H groups in total. The van der Waals surface area contributed by atoms with E-state index >= 15 is 0 Å². The third-order valence-corrected chi connectivity index (χ3v) is 14.9. The quantitative estimate of drug-likeness (QED) is 0.0649. The number of primary sulfonamides is 1. The van der Waals surface area contributed by atoms with Crippen LogP contribution in [0, 0.1) is 0 Å². The highest BCUT2D eigenvalue weighted by atomic mass is 32.2. The highest BCUT2D eigenvalue weighted by Gasteiger charge is 2.48. The van der Waals surface area contributed by atoms with E-state index in [2.05, 4.69) is 27.7 Å². The molecule has 0 aliphatic heterocycles. The Morgan fingerprint density at radius 1 is 0.452 bits per heavy atom. The van der Waals surface area contributed by atoms with Crippen LogP contribution in [0.1, 0.15) is 182 Å². The van der Waals surface area contributed by atoms with Crippen molar-refractivity contribution in [2.24, 2.45) is 0 Å². The van der Waals surface area contributed by atoms with Crippen molar-refractivity contribution in [3.8, 4) is 0 Å². The zero-order valence-electron chi connectivity index (χ0n) is 28.7. The van der Waals surface area contributed by atoms with Gasteiger partial charge in [-0.05, 0) is 51.4 Å². The van der Waals surface area contributed by atoms with Gasteiger partial charge in [0.05, 0.1) is 31.7 Å². The number of hydrogen-bond donors (Lipinski definition) is 1. The van der Waals surface area contributed by atoms with Crippen LogP contribution in [0.2, 0.25) is 0 Å². The molecule has 0 amide bonds. The molecule has 0 aromatic carbocycles. The number of hydrogen-bond acceptors (Lipinski definition) is 2. The van der Waals surface area contributed by atoms with Gasteiger partial charge in [-0.1, -0.05) is 130 Å². The van der Waals surface area contributed by atoms with E-state index in [1.807, 2.05) is 0 Å². The van der Waals surface area contributed by atoms with E-state index in [-0.39, 0.29) is 4.72 Å². The molecule has 0 aliphatic carbocycles. The molecule has 0 unspecified atom stereocenters. The first-order valence-electron chi connectivity index (χ1n) is 18.0. The van der Waals surface area contributed by atoms with Crippen LogP contribution >= 0.6 is 7.26 Å². The highest BCUT2D eigenvalue weighted by molar-refractivity contribution is 7.85. The van der Waals surface area contributed by atoms with Gasteiger partial charge in [0.1, 0.15) is 0 Å². The minimum atomic E-state index is -5.14. The molecule has 8 heteroatoms. The molecule has 0 radical (unpaired) electrons. The topological polar surface area (TPSA) is 50.8 Å². The van der Waals surface area contributed by atoms with Gasteiger partial charge in [-0.15, -0.1) is 0 Å². The van der Waals surface area contributed by atoms with Crippen molar-refractivity contribution in [2.75, 3.05) is 31.7 Å². The summed E-state index contributed by atoms with van der Waals surface area (Å²) in [6, 6.07) is 0. The predicted octanol–water partition coefficient (Wildman–Crippen LogP) is 11.5. The second kappa shape index (κ2) is 29.8. The van der Waals surface area contributed by atoms with Crippen LogP contribution in [0.4, 0.5) is 13.2 Å². The van der Waals surface area contributed by atoms with Crippen LogP contribution in [0.3, 0.4) is 0 Å². The first kappa shape index (κ1) is 44.3.